The van der Waals surface area contributed by atoms with Crippen LogP contribution < -0.4 is 0 Å². The van der Waals surface area contributed by atoms with E-state index in [-0.39, 0.29) is 5.91 Å². The molecule has 0 spiro atoms. The minimum atomic E-state index is -0.632. The average Bonchev–Trinajstić information content (AvgIpc) is 2.60. The third-order valence-electron chi connectivity index (χ3n) is 3.15. The number of hydrogen-bond acceptors (Lipinski definition) is 2. The molecule has 82 valence electrons. The quantitative estimate of drug-likeness (QED) is 0.756. The van der Waals surface area contributed by atoms with E-state index in [0.29, 0.717) is 19.4 Å². The molecule has 16 heavy (non-hydrogen) atoms. The van der Waals surface area contributed by atoms with Crippen molar-refractivity contribution in [1.82, 2.24) is 4.90 Å². The van der Waals surface area contributed by atoms with Crippen molar-refractivity contribution in [3.8, 4) is 6.07 Å². The van der Waals surface area contributed by atoms with Crippen LogP contribution in [0.1, 0.15) is 25.3 Å². The van der Waals surface area contributed by atoms with Crippen LogP contribution in [0.4, 0.5) is 0 Å². The zero-order valence-electron chi connectivity index (χ0n) is 9.31. The Morgan fingerprint density at radius 2 is 2.12 bits per heavy atom. The Bertz CT molecular complexity index is 435. The summed E-state index contributed by atoms with van der Waals surface area (Å²) < 4.78 is 0. The molecule has 0 aromatic heterocycles. The highest BCUT2D eigenvalue weighted by Gasteiger charge is 2.41. The molecule has 0 saturated carbocycles. The van der Waals surface area contributed by atoms with Crippen LogP contribution in [-0.4, -0.2) is 16.3 Å². The molecule has 0 aliphatic carbocycles. The fraction of sp³-hybridized carbons (Fsp3) is 0.385. The predicted octanol–water partition coefficient (Wildman–Crippen LogP) is 2.09. The fourth-order valence-corrected chi connectivity index (χ4v) is 2.04. The summed E-state index contributed by atoms with van der Waals surface area (Å²) in [6.07, 6.45) is 1.12. The summed E-state index contributed by atoms with van der Waals surface area (Å²) in [6, 6.07) is 12.0. The van der Waals surface area contributed by atoms with Gasteiger partial charge in [0.05, 0.1) is 6.07 Å². The number of nitriles is 1. The fourth-order valence-electron chi connectivity index (χ4n) is 2.04. The van der Waals surface area contributed by atoms with Crippen molar-refractivity contribution in [2.75, 3.05) is 0 Å². The zero-order chi connectivity index (χ0) is 11.6. The van der Waals surface area contributed by atoms with E-state index in [1.54, 1.807) is 4.90 Å². The number of amides is 1. The third kappa shape index (κ3) is 1.79. The molecule has 1 heterocycles. The lowest BCUT2D eigenvalue weighted by Gasteiger charge is -2.28. The minimum Gasteiger partial charge on any atom is -0.320 e. The van der Waals surface area contributed by atoms with Gasteiger partial charge in [-0.2, -0.15) is 5.26 Å². The Hall–Kier alpha value is -1.82. The number of rotatable bonds is 2. The van der Waals surface area contributed by atoms with E-state index >= 15 is 0 Å². The summed E-state index contributed by atoms with van der Waals surface area (Å²) >= 11 is 0. The van der Waals surface area contributed by atoms with Crippen molar-refractivity contribution in [2.45, 2.75) is 31.8 Å². The van der Waals surface area contributed by atoms with E-state index in [1.165, 1.54) is 0 Å². The third-order valence-corrected chi connectivity index (χ3v) is 3.15. The van der Waals surface area contributed by atoms with Crippen LogP contribution >= 0.6 is 0 Å². The molecule has 0 unspecified atom stereocenters. The second kappa shape index (κ2) is 3.97. The summed E-state index contributed by atoms with van der Waals surface area (Å²) in [6.45, 7) is 2.37. The first-order valence-corrected chi connectivity index (χ1v) is 5.41. The van der Waals surface area contributed by atoms with Crippen molar-refractivity contribution in [2.24, 2.45) is 0 Å². The topological polar surface area (TPSA) is 44.1 Å². The summed E-state index contributed by atoms with van der Waals surface area (Å²) in [5.41, 5.74) is 0.437. The molecule has 1 aliphatic rings. The molecule has 0 N–H and O–H groups in total. The predicted molar refractivity (Wildman–Crippen MR) is 60.2 cm³/mol. The molecule has 1 amide bonds. The smallest absolute Gasteiger partial charge is 0.224 e. The standard InChI is InChI=1S/C13H14N2O/c1-13(10-14)8-7-12(16)15(13)9-11-5-3-2-4-6-11/h2-6H,7-9H2,1H3/t13-/m0/s1. The number of hydrogen-bond donors (Lipinski definition) is 0. The highest BCUT2D eigenvalue weighted by molar-refractivity contribution is 5.80. The maximum Gasteiger partial charge on any atom is 0.224 e. The van der Waals surface area contributed by atoms with Gasteiger partial charge in [0.25, 0.3) is 0 Å². The largest absolute Gasteiger partial charge is 0.320 e. The lowest BCUT2D eigenvalue weighted by molar-refractivity contribution is -0.130. The molecule has 1 fully saturated rings. The van der Waals surface area contributed by atoms with Crippen LogP contribution in [0.25, 0.3) is 0 Å². The van der Waals surface area contributed by atoms with Gasteiger partial charge in [0.2, 0.25) is 5.91 Å². The van der Waals surface area contributed by atoms with Gasteiger partial charge in [-0.15, -0.1) is 0 Å². The monoisotopic (exact) mass is 214 g/mol. The van der Waals surface area contributed by atoms with Gasteiger partial charge in [-0.3, -0.25) is 4.79 Å². The Morgan fingerprint density at radius 3 is 2.75 bits per heavy atom. The SMILES string of the molecule is C[C@@]1(C#N)CCC(=O)N1Cc1ccccc1. The van der Waals surface area contributed by atoms with Crippen LogP contribution in [0.3, 0.4) is 0 Å². The highest BCUT2D eigenvalue weighted by atomic mass is 16.2. The van der Waals surface area contributed by atoms with E-state index in [0.717, 1.165) is 5.56 Å². The van der Waals surface area contributed by atoms with E-state index in [4.69, 9.17) is 5.26 Å². The maximum atomic E-state index is 11.7. The second-order valence-electron chi connectivity index (χ2n) is 4.35. The Labute approximate surface area is 95.3 Å². The molecule has 0 radical (unpaired) electrons. The van der Waals surface area contributed by atoms with Crippen molar-refractivity contribution in [3.05, 3.63) is 35.9 Å². The van der Waals surface area contributed by atoms with E-state index in [2.05, 4.69) is 6.07 Å². The molecule has 0 bridgehead atoms. The zero-order valence-corrected chi connectivity index (χ0v) is 9.31. The van der Waals surface area contributed by atoms with E-state index in [1.807, 2.05) is 37.3 Å². The van der Waals surface area contributed by atoms with Crippen molar-refractivity contribution >= 4 is 5.91 Å². The van der Waals surface area contributed by atoms with E-state index in [9.17, 15) is 4.79 Å². The van der Waals surface area contributed by atoms with Gasteiger partial charge in [0.1, 0.15) is 5.54 Å². The maximum absolute atomic E-state index is 11.7. The Kier molecular flexibility index (Phi) is 2.66. The van der Waals surface area contributed by atoms with Gasteiger partial charge in [0.15, 0.2) is 0 Å². The van der Waals surface area contributed by atoms with Crippen LogP contribution in [0, 0.1) is 11.3 Å². The number of likely N-dealkylation sites (tertiary alicyclic amines) is 1. The van der Waals surface area contributed by atoms with Crippen LogP contribution in [0.15, 0.2) is 30.3 Å². The van der Waals surface area contributed by atoms with Crippen LogP contribution in [-0.2, 0) is 11.3 Å². The Balaban J connectivity index is 2.21. The van der Waals surface area contributed by atoms with E-state index < -0.39 is 5.54 Å². The van der Waals surface area contributed by atoms with Gasteiger partial charge in [-0.1, -0.05) is 30.3 Å². The number of nitrogens with zero attached hydrogens (tertiary/aromatic N) is 2. The number of carbonyl (C=O) groups is 1. The van der Waals surface area contributed by atoms with Crippen LogP contribution in [0.5, 0.6) is 0 Å². The summed E-state index contributed by atoms with van der Waals surface area (Å²) in [5, 5.41) is 9.15. The first-order chi connectivity index (χ1) is 7.65. The van der Waals surface area contributed by atoms with Gasteiger partial charge in [-0.25, -0.2) is 0 Å². The van der Waals surface area contributed by atoms with Gasteiger partial charge in [0, 0.05) is 13.0 Å². The molecule has 1 aromatic carbocycles. The minimum absolute atomic E-state index is 0.0768. The lowest BCUT2D eigenvalue weighted by Crippen LogP contribution is -2.41. The van der Waals surface area contributed by atoms with Gasteiger partial charge < -0.3 is 4.90 Å². The number of carbonyl (C=O) groups excluding carboxylic acids is 1. The lowest BCUT2D eigenvalue weighted by atomic mass is 10.0. The summed E-state index contributed by atoms with van der Waals surface area (Å²) in [5.74, 6) is 0.0768. The summed E-state index contributed by atoms with van der Waals surface area (Å²) in [7, 11) is 0. The molecule has 2 rings (SSSR count). The molecule has 1 aliphatic heterocycles. The molecule has 1 aromatic rings. The average molecular weight is 214 g/mol. The van der Waals surface area contributed by atoms with Crippen molar-refractivity contribution in [1.29, 1.82) is 5.26 Å². The van der Waals surface area contributed by atoms with Crippen molar-refractivity contribution < 1.29 is 4.79 Å². The molecule has 1 atom stereocenters. The van der Waals surface area contributed by atoms with Crippen molar-refractivity contribution in [3.63, 3.8) is 0 Å². The molecular formula is C13H14N2O. The first-order valence-electron chi connectivity index (χ1n) is 5.41. The first kappa shape index (κ1) is 10.7. The summed E-state index contributed by atoms with van der Waals surface area (Å²) in [4.78, 5) is 13.4. The molecule has 3 heteroatoms. The molecule has 1 saturated heterocycles. The van der Waals surface area contributed by atoms with Gasteiger partial charge in [-0.05, 0) is 18.9 Å². The van der Waals surface area contributed by atoms with Crippen LogP contribution in [0.2, 0.25) is 0 Å². The van der Waals surface area contributed by atoms with Gasteiger partial charge >= 0.3 is 0 Å². The number of benzene rings is 1. The highest BCUT2D eigenvalue weighted by Crippen LogP contribution is 2.30. The Morgan fingerprint density at radius 1 is 1.44 bits per heavy atom. The molecular weight excluding hydrogens is 200 g/mol. The normalized spacial score (nSPS) is 24.5. The second-order valence-corrected chi connectivity index (χ2v) is 4.35. The molecule has 3 nitrogen and oxygen atoms in total.